The predicted molar refractivity (Wildman–Crippen MR) is 86.5 cm³/mol. The lowest BCUT2D eigenvalue weighted by Crippen LogP contribution is -2.32. The lowest BCUT2D eigenvalue weighted by molar-refractivity contribution is -0.147. The number of esters is 1. The Bertz CT molecular complexity index is 622. The highest BCUT2D eigenvalue weighted by Crippen LogP contribution is 2.35. The van der Waals surface area contributed by atoms with Crippen molar-refractivity contribution in [2.24, 2.45) is 0 Å². The summed E-state index contributed by atoms with van der Waals surface area (Å²) in [6, 6.07) is 17.0. The van der Waals surface area contributed by atoms with E-state index >= 15 is 0 Å². The minimum atomic E-state index is -1.37. The third-order valence-corrected chi connectivity index (χ3v) is 3.80. The molecule has 2 rings (SSSR count). The number of carbonyl (C=O) groups is 1. The second-order valence-corrected chi connectivity index (χ2v) is 5.22. The lowest BCUT2D eigenvalue weighted by Gasteiger charge is -2.30. The number of hydrogen-bond acceptors (Lipinski definition) is 3. The van der Waals surface area contributed by atoms with Crippen LogP contribution >= 0.6 is 0 Å². The summed E-state index contributed by atoms with van der Waals surface area (Å²) in [5.41, 5.74) is 1.11. The third-order valence-electron chi connectivity index (χ3n) is 3.80. The van der Waals surface area contributed by atoms with Crippen LogP contribution in [0.5, 0.6) is 0 Å². The summed E-state index contributed by atoms with van der Waals surface area (Å²) in [4.78, 5) is 12.0. The Morgan fingerprint density at radius 2 is 1.68 bits per heavy atom. The van der Waals surface area contributed by atoms with E-state index in [9.17, 15) is 9.90 Å². The largest absolute Gasteiger partial charge is 0.466 e. The first-order chi connectivity index (χ1) is 10.6. The van der Waals surface area contributed by atoms with Crippen molar-refractivity contribution < 1.29 is 14.6 Å². The summed E-state index contributed by atoms with van der Waals surface area (Å²) in [5, 5.41) is 11.4. The van der Waals surface area contributed by atoms with Gasteiger partial charge in [0.15, 0.2) is 0 Å². The van der Waals surface area contributed by atoms with Crippen molar-refractivity contribution in [2.45, 2.75) is 32.3 Å². The molecule has 0 saturated heterocycles. The lowest BCUT2D eigenvalue weighted by atomic mass is 9.80. The van der Waals surface area contributed by atoms with E-state index in [2.05, 4.69) is 0 Å². The highest BCUT2D eigenvalue weighted by Gasteiger charge is 2.36. The molecule has 0 aliphatic rings. The number of ether oxygens (including phenoxy) is 1. The van der Waals surface area contributed by atoms with Crippen LogP contribution in [-0.2, 0) is 21.6 Å². The van der Waals surface area contributed by atoms with Crippen molar-refractivity contribution >= 4 is 5.97 Å². The Balaban J connectivity index is 2.52. The minimum Gasteiger partial charge on any atom is -0.466 e. The molecule has 0 radical (unpaired) electrons. The van der Waals surface area contributed by atoms with Crippen LogP contribution in [-0.4, -0.2) is 17.7 Å². The molecule has 1 unspecified atom stereocenters. The van der Waals surface area contributed by atoms with Gasteiger partial charge in [0.05, 0.1) is 13.0 Å². The Labute approximate surface area is 131 Å². The van der Waals surface area contributed by atoms with Crippen LogP contribution in [0.25, 0.3) is 0 Å². The zero-order valence-electron chi connectivity index (χ0n) is 13.1. The Kier molecular flexibility index (Phi) is 5.34. The zero-order chi connectivity index (χ0) is 16.0. The summed E-state index contributed by atoms with van der Waals surface area (Å²) in [6.07, 6.45) is 0.690. The summed E-state index contributed by atoms with van der Waals surface area (Å²) in [5.74, 6) is -0.403. The fourth-order valence-corrected chi connectivity index (χ4v) is 2.72. The molecule has 0 spiro atoms. The van der Waals surface area contributed by atoms with Gasteiger partial charge in [-0.05, 0) is 30.0 Å². The van der Waals surface area contributed by atoms with Gasteiger partial charge in [-0.2, -0.15) is 0 Å². The molecule has 3 nitrogen and oxygen atoms in total. The van der Waals surface area contributed by atoms with Crippen LogP contribution in [0.3, 0.4) is 0 Å². The van der Waals surface area contributed by atoms with Crippen LogP contribution in [0.4, 0.5) is 0 Å². The molecule has 0 aromatic heterocycles. The molecule has 0 fully saturated rings. The number of benzene rings is 2. The van der Waals surface area contributed by atoms with Gasteiger partial charge in [0.25, 0.3) is 0 Å². The quantitative estimate of drug-likeness (QED) is 0.831. The molecule has 1 N–H and O–H groups in total. The average Bonchev–Trinajstić information content (AvgIpc) is 2.55. The molecule has 22 heavy (non-hydrogen) atoms. The molecule has 0 aliphatic heterocycles. The van der Waals surface area contributed by atoms with Crippen LogP contribution < -0.4 is 0 Å². The van der Waals surface area contributed by atoms with E-state index < -0.39 is 11.6 Å². The molecular weight excluding hydrogens is 276 g/mol. The van der Waals surface area contributed by atoms with E-state index in [1.807, 2.05) is 61.5 Å². The van der Waals surface area contributed by atoms with E-state index in [4.69, 9.17) is 4.74 Å². The van der Waals surface area contributed by atoms with E-state index in [1.54, 1.807) is 6.92 Å². The molecule has 2 aromatic carbocycles. The molecule has 0 bridgehead atoms. The number of aliphatic hydroxyl groups is 1. The monoisotopic (exact) mass is 298 g/mol. The van der Waals surface area contributed by atoms with E-state index in [0.717, 1.165) is 17.5 Å². The number of carbonyl (C=O) groups excluding carboxylic acids is 1. The maximum atomic E-state index is 12.0. The van der Waals surface area contributed by atoms with Crippen molar-refractivity contribution in [2.75, 3.05) is 6.61 Å². The van der Waals surface area contributed by atoms with Gasteiger partial charge in [-0.25, -0.2) is 0 Å². The second-order valence-electron chi connectivity index (χ2n) is 5.22. The summed E-state index contributed by atoms with van der Waals surface area (Å²) >= 11 is 0. The molecular formula is C19H22O3. The molecule has 3 heteroatoms. The summed E-state index contributed by atoms with van der Waals surface area (Å²) < 4.78 is 5.06. The van der Waals surface area contributed by atoms with Gasteiger partial charge in [0, 0.05) is 0 Å². The smallest absolute Gasteiger partial charge is 0.309 e. The fourth-order valence-electron chi connectivity index (χ4n) is 2.72. The highest BCUT2D eigenvalue weighted by molar-refractivity contribution is 5.72. The van der Waals surface area contributed by atoms with Gasteiger partial charge >= 0.3 is 5.97 Å². The number of hydrogen-bond donors (Lipinski definition) is 1. The molecule has 116 valence electrons. The fraction of sp³-hybridized carbons (Fsp3) is 0.316. The van der Waals surface area contributed by atoms with E-state index in [1.165, 1.54) is 0 Å². The molecule has 0 aliphatic carbocycles. The predicted octanol–water partition coefficient (Wildman–Crippen LogP) is 3.44. The van der Waals surface area contributed by atoms with Crippen LogP contribution in [0.2, 0.25) is 0 Å². The van der Waals surface area contributed by atoms with Crippen LogP contribution in [0, 0.1) is 0 Å². The van der Waals surface area contributed by atoms with Crippen molar-refractivity contribution in [3.8, 4) is 0 Å². The van der Waals surface area contributed by atoms with Gasteiger partial charge in [0.1, 0.15) is 5.60 Å². The SMILES string of the molecule is CCOC(=O)CC(O)(c1ccccc1)c1ccccc1CC. The Morgan fingerprint density at radius 1 is 1.05 bits per heavy atom. The maximum absolute atomic E-state index is 12.0. The van der Waals surface area contributed by atoms with Gasteiger partial charge in [-0.15, -0.1) is 0 Å². The first kappa shape index (κ1) is 16.2. The standard InChI is InChI=1S/C19H22O3/c1-3-15-10-8-9-13-17(15)19(21,14-18(20)22-4-2)16-11-6-5-7-12-16/h5-13,21H,3-4,14H2,1-2H3. The van der Waals surface area contributed by atoms with Crippen molar-refractivity contribution in [1.29, 1.82) is 0 Å². The van der Waals surface area contributed by atoms with Crippen LogP contribution in [0.1, 0.15) is 37.0 Å². The first-order valence-corrected chi connectivity index (χ1v) is 7.63. The van der Waals surface area contributed by atoms with Crippen molar-refractivity contribution in [3.63, 3.8) is 0 Å². The Morgan fingerprint density at radius 3 is 2.32 bits per heavy atom. The molecule has 0 saturated carbocycles. The van der Waals surface area contributed by atoms with Gasteiger partial charge in [-0.3, -0.25) is 4.79 Å². The summed E-state index contributed by atoms with van der Waals surface area (Å²) in [7, 11) is 0. The maximum Gasteiger partial charge on any atom is 0.309 e. The summed E-state index contributed by atoms with van der Waals surface area (Å²) in [6.45, 7) is 4.10. The molecule has 0 amide bonds. The second kappa shape index (κ2) is 7.23. The van der Waals surface area contributed by atoms with Crippen molar-refractivity contribution in [3.05, 3.63) is 71.3 Å². The molecule has 2 aromatic rings. The normalized spacial score (nSPS) is 13.4. The van der Waals surface area contributed by atoms with Gasteiger partial charge in [0.2, 0.25) is 0 Å². The van der Waals surface area contributed by atoms with E-state index in [0.29, 0.717) is 12.2 Å². The van der Waals surface area contributed by atoms with Gasteiger partial charge < -0.3 is 9.84 Å². The minimum absolute atomic E-state index is 0.0954. The first-order valence-electron chi connectivity index (χ1n) is 7.63. The highest BCUT2D eigenvalue weighted by atomic mass is 16.5. The van der Waals surface area contributed by atoms with Crippen LogP contribution in [0.15, 0.2) is 54.6 Å². The topological polar surface area (TPSA) is 46.5 Å². The van der Waals surface area contributed by atoms with Gasteiger partial charge in [-0.1, -0.05) is 61.5 Å². The average molecular weight is 298 g/mol. The third kappa shape index (κ3) is 3.37. The van der Waals surface area contributed by atoms with E-state index in [-0.39, 0.29) is 6.42 Å². The van der Waals surface area contributed by atoms with Crippen molar-refractivity contribution in [1.82, 2.24) is 0 Å². The number of aryl methyl sites for hydroxylation is 1. The zero-order valence-corrected chi connectivity index (χ0v) is 13.1. The number of rotatable bonds is 6. The molecule has 1 atom stereocenters. The molecule has 0 heterocycles. The Hall–Kier alpha value is -2.13.